The molecule has 4 atom stereocenters. The summed E-state index contributed by atoms with van der Waals surface area (Å²) in [6.07, 6.45) is -3.42. The number of nitrogens with one attached hydrogen (secondary N) is 2. The second-order valence-electron chi connectivity index (χ2n) is 10.4. The van der Waals surface area contributed by atoms with Crippen LogP contribution in [-0.2, 0) is 33.3 Å². The van der Waals surface area contributed by atoms with Crippen LogP contribution in [0.5, 0.6) is 0 Å². The van der Waals surface area contributed by atoms with Crippen molar-refractivity contribution in [3.63, 3.8) is 0 Å². The number of β-amino-alcohol motifs (C(OH)–C–C–N with tert-alkyl or cyclic N) is 1. The molecule has 5 rings (SSSR count). The van der Waals surface area contributed by atoms with Crippen LogP contribution in [0.15, 0.2) is 48.5 Å². The third-order valence-electron chi connectivity index (χ3n) is 7.53. The molecular formula is C28H32F3N3O5. The van der Waals surface area contributed by atoms with E-state index in [9.17, 15) is 27.9 Å². The van der Waals surface area contributed by atoms with E-state index in [2.05, 4.69) is 22.8 Å². The van der Waals surface area contributed by atoms with Gasteiger partial charge in [0.2, 0.25) is 5.91 Å². The monoisotopic (exact) mass is 547 g/mol. The lowest BCUT2D eigenvalue weighted by atomic mass is 9.95. The molecule has 3 aliphatic rings. The quantitative estimate of drug-likeness (QED) is 0.544. The number of alkyl halides is 3. The predicted octanol–water partition coefficient (Wildman–Crippen LogP) is 3.52. The zero-order valence-corrected chi connectivity index (χ0v) is 21.3. The highest BCUT2D eigenvalue weighted by Gasteiger charge is 2.40. The van der Waals surface area contributed by atoms with Crippen molar-refractivity contribution in [2.45, 2.75) is 68.7 Å². The van der Waals surface area contributed by atoms with Crippen LogP contribution in [0.25, 0.3) is 0 Å². The standard InChI is InChI=1S/C28H32F3N3O5/c29-28(30,31)19-5-7-20(8-6-19)33-27(37)34-14-22(35)15-38-16-25-24(34)10-9-23(39-25)13-26(36)32-21-11-17-3-1-2-4-18(17)12-21/h1-8,21-25,35H,9-16H2,(H,32,36)(H,33,37)/t22-,23+,24+,25-/m1/s1. The highest BCUT2D eigenvalue weighted by molar-refractivity contribution is 5.89. The zero-order chi connectivity index (χ0) is 27.6. The number of carbonyl (C=O) groups excluding carboxylic acids is 2. The molecule has 2 aromatic rings. The first-order valence-corrected chi connectivity index (χ1v) is 13.2. The van der Waals surface area contributed by atoms with E-state index in [4.69, 9.17) is 9.47 Å². The van der Waals surface area contributed by atoms with Crippen molar-refractivity contribution < 1.29 is 37.3 Å². The van der Waals surface area contributed by atoms with Crippen LogP contribution >= 0.6 is 0 Å². The molecule has 0 bridgehead atoms. The van der Waals surface area contributed by atoms with Gasteiger partial charge in [-0.1, -0.05) is 24.3 Å². The van der Waals surface area contributed by atoms with Crippen LogP contribution in [0.2, 0.25) is 0 Å². The number of halogens is 3. The number of amides is 3. The van der Waals surface area contributed by atoms with Crippen LogP contribution in [0.4, 0.5) is 23.7 Å². The third-order valence-corrected chi connectivity index (χ3v) is 7.53. The Balaban J connectivity index is 1.18. The number of fused-ring (bicyclic) bond motifs is 2. The Morgan fingerprint density at radius 2 is 1.69 bits per heavy atom. The first kappa shape index (κ1) is 27.4. The van der Waals surface area contributed by atoms with Crippen molar-refractivity contribution in [1.82, 2.24) is 10.2 Å². The van der Waals surface area contributed by atoms with Crippen LogP contribution in [-0.4, -0.2) is 72.1 Å². The van der Waals surface area contributed by atoms with Crippen molar-refractivity contribution in [2.75, 3.05) is 25.1 Å². The summed E-state index contributed by atoms with van der Waals surface area (Å²) in [6, 6.07) is 11.4. The van der Waals surface area contributed by atoms with Crippen molar-refractivity contribution in [3.8, 4) is 0 Å². The van der Waals surface area contributed by atoms with Crippen LogP contribution in [0.1, 0.15) is 36.0 Å². The van der Waals surface area contributed by atoms with Gasteiger partial charge in [-0.05, 0) is 61.1 Å². The minimum absolute atomic E-state index is 0.00400. The average molecular weight is 548 g/mol. The third kappa shape index (κ3) is 6.71. The molecule has 0 aromatic heterocycles. The normalized spacial score (nSPS) is 25.7. The van der Waals surface area contributed by atoms with E-state index in [1.807, 2.05) is 12.1 Å². The smallest absolute Gasteiger partial charge is 0.389 e. The number of aliphatic hydroxyl groups excluding tert-OH is 1. The van der Waals surface area contributed by atoms with Gasteiger partial charge < -0.3 is 30.1 Å². The van der Waals surface area contributed by atoms with E-state index in [0.29, 0.717) is 12.8 Å². The van der Waals surface area contributed by atoms with Gasteiger partial charge in [0.1, 0.15) is 6.10 Å². The van der Waals surface area contributed by atoms with Gasteiger partial charge in [-0.2, -0.15) is 13.2 Å². The minimum atomic E-state index is -4.47. The van der Waals surface area contributed by atoms with Crippen LogP contribution in [0, 0.1) is 0 Å². The number of ether oxygens (including phenoxy) is 2. The molecule has 210 valence electrons. The van der Waals surface area contributed by atoms with E-state index in [-0.39, 0.29) is 49.9 Å². The number of rotatable bonds is 4. The second-order valence-corrected chi connectivity index (χ2v) is 10.4. The Morgan fingerprint density at radius 1 is 1.00 bits per heavy atom. The fraction of sp³-hybridized carbons (Fsp3) is 0.500. The number of aliphatic hydroxyl groups is 1. The summed E-state index contributed by atoms with van der Waals surface area (Å²) >= 11 is 0. The molecule has 2 aliphatic heterocycles. The zero-order valence-electron chi connectivity index (χ0n) is 21.3. The molecule has 2 heterocycles. The Bertz CT molecular complexity index is 1150. The number of anilines is 1. The van der Waals surface area contributed by atoms with E-state index < -0.39 is 36.0 Å². The van der Waals surface area contributed by atoms with Gasteiger partial charge in [0.15, 0.2) is 0 Å². The van der Waals surface area contributed by atoms with E-state index in [1.54, 1.807) is 0 Å². The maximum Gasteiger partial charge on any atom is 0.416 e. The van der Waals surface area contributed by atoms with Crippen LogP contribution < -0.4 is 10.6 Å². The molecule has 11 heteroatoms. The maximum atomic E-state index is 13.2. The number of urea groups is 1. The van der Waals surface area contributed by atoms with Gasteiger partial charge in [0.05, 0.1) is 50.0 Å². The summed E-state index contributed by atoms with van der Waals surface area (Å²) in [5.41, 5.74) is 1.90. The van der Waals surface area contributed by atoms with E-state index in [0.717, 1.165) is 25.0 Å². The summed E-state index contributed by atoms with van der Waals surface area (Å²) in [6.45, 7) is 0.121. The molecule has 0 unspecified atom stereocenters. The predicted molar refractivity (Wildman–Crippen MR) is 136 cm³/mol. The molecule has 0 saturated carbocycles. The van der Waals surface area contributed by atoms with Gasteiger partial charge in [-0.25, -0.2) is 4.79 Å². The SMILES string of the molecule is O=C(C[C@@H]1CC[C@H]2[C@@H](COC[C@H](O)CN2C(=O)Nc2ccc(C(F)(F)F)cc2)O1)NC1Cc2ccccc2C1. The average Bonchev–Trinajstić information content (AvgIpc) is 3.28. The van der Waals surface area contributed by atoms with Gasteiger partial charge in [-0.15, -0.1) is 0 Å². The Labute approximate surface area is 224 Å². The Hall–Kier alpha value is -3.15. The summed E-state index contributed by atoms with van der Waals surface area (Å²) in [7, 11) is 0. The van der Waals surface area contributed by atoms with Crippen molar-refractivity contribution >= 4 is 17.6 Å². The van der Waals surface area contributed by atoms with Crippen molar-refractivity contribution in [3.05, 3.63) is 65.2 Å². The molecule has 2 saturated heterocycles. The van der Waals surface area contributed by atoms with Crippen molar-refractivity contribution in [2.24, 2.45) is 0 Å². The Kier molecular flexibility index (Phi) is 8.11. The number of nitrogens with zero attached hydrogens (tertiary/aromatic N) is 1. The summed E-state index contributed by atoms with van der Waals surface area (Å²) in [4.78, 5) is 27.4. The lowest BCUT2D eigenvalue weighted by Gasteiger charge is -2.44. The molecular weight excluding hydrogens is 515 g/mol. The van der Waals surface area contributed by atoms with Gasteiger partial charge in [0, 0.05) is 11.7 Å². The lowest BCUT2D eigenvalue weighted by molar-refractivity contribution is -0.150. The Morgan fingerprint density at radius 3 is 2.36 bits per heavy atom. The fourth-order valence-electron chi connectivity index (χ4n) is 5.67. The molecule has 39 heavy (non-hydrogen) atoms. The molecule has 1 aliphatic carbocycles. The fourth-order valence-corrected chi connectivity index (χ4v) is 5.67. The second kappa shape index (κ2) is 11.5. The van der Waals surface area contributed by atoms with Crippen molar-refractivity contribution in [1.29, 1.82) is 0 Å². The minimum Gasteiger partial charge on any atom is -0.389 e. The first-order chi connectivity index (χ1) is 18.7. The van der Waals surface area contributed by atoms with Gasteiger partial charge >= 0.3 is 12.2 Å². The van der Waals surface area contributed by atoms with Crippen LogP contribution in [0.3, 0.4) is 0 Å². The molecule has 0 radical (unpaired) electrons. The molecule has 2 aromatic carbocycles. The lowest BCUT2D eigenvalue weighted by Crippen LogP contribution is -2.58. The van der Waals surface area contributed by atoms with E-state index >= 15 is 0 Å². The molecule has 2 fully saturated rings. The highest BCUT2D eigenvalue weighted by atomic mass is 19.4. The first-order valence-electron chi connectivity index (χ1n) is 13.2. The summed E-state index contributed by atoms with van der Waals surface area (Å²) in [5.74, 6) is -0.0876. The van der Waals surface area contributed by atoms with Gasteiger partial charge in [0.25, 0.3) is 0 Å². The largest absolute Gasteiger partial charge is 0.416 e. The molecule has 8 nitrogen and oxygen atoms in total. The summed E-state index contributed by atoms with van der Waals surface area (Å²) < 4.78 is 50.5. The molecule has 3 amide bonds. The highest BCUT2D eigenvalue weighted by Crippen LogP contribution is 2.31. The molecule has 3 N–H and O–H groups in total. The number of hydrogen-bond acceptors (Lipinski definition) is 5. The maximum absolute atomic E-state index is 13.2. The number of carbonyl (C=O) groups is 2. The topological polar surface area (TPSA) is 100 Å². The van der Waals surface area contributed by atoms with Gasteiger partial charge in [-0.3, -0.25) is 4.79 Å². The number of benzene rings is 2. The van der Waals surface area contributed by atoms with E-state index in [1.165, 1.54) is 28.2 Å². The molecule has 0 spiro atoms. The number of hydrogen-bond donors (Lipinski definition) is 3. The summed E-state index contributed by atoms with van der Waals surface area (Å²) in [5, 5.41) is 16.1.